The van der Waals surface area contributed by atoms with Crippen molar-refractivity contribution in [2.24, 2.45) is 28.6 Å². The highest BCUT2D eigenvalue weighted by Crippen LogP contribution is 2.76. The first-order valence-corrected chi connectivity index (χ1v) is 10.1. The number of aliphatic hydroxyl groups is 1. The molecule has 0 amide bonds. The molecule has 3 saturated carbocycles. The highest BCUT2D eigenvalue weighted by atomic mass is 16.6. The van der Waals surface area contributed by atoms with E-state index in [4.69, 9.17) is 4.74 Å². The van der Waals surface area contributed by atoms with Crippen LogP contribution in [0.5, 0.6) is 0 Å². The maximum absolute atomic E-state index is 12.6. The molecule has 1 saturated heterocycles. The van der Waals surface area contributed by atoms with E-state index in [-0.39, 0.29) is 29.1 Å². The number of carbonyl (C=O) groups is 3. The first-order chi connectivity index (χ1) is 13.0. The Balaban J connectivity index is 1.60. The monoisotopic (exact) mass is 386 g/mol. The molecule has 5 aliphatic rings. The van der Waals surface area contributed by atoms with Gasteiger partial charge in [-0.05, 0) is 62.5 Å². The van der Waals surface area contributed by atoms with Gasteiger partial charge in [-0.25, -0.2) is 4.79 Å². The summed E-state index contributed by atoms with van der Waals surface area (Å²) in [5.41, 5.74) is -2.39. The molecular weight excluding hydrogens is 360 g/mol. The van der Waals surface area contributed by atoms with Gasteiger partial charge in [0.25, 0.3) is 5.78 Å². The maximum Gasteiger partial charge on any atom is 0.375 e. The minimum Gasteiger partial charge on any atom is -0.475 e. The lowest BCUT2D eigenvalue weighted by Crippen LogP contribution is -2.62. The van der Waals surface area contributed by atoms with Crippen molar-refractivity contribution in [1.82, 2.24) is 0 Å². The van der Waals surface area contributed by atoms with Crippen LogP contribution >= 0.6 is 0 Å². The van der Waals surface area contributed by atoms with Crippen molar-refractivity contribution in [3.05, 3.63) is 23.8 Å². The summed E-state index contributed by atoms with van der Waals surface area (Å²) >= 11 is 0. The van der Waals surface area contributed by atoms with Gasteiger partial charge in [0.1, 0.15) is 11.2 Å². The maximum atomic E-state index is 12.6. The van der Waals surface area contributed by atoms with Gasteiger partial charge in [-0.3, -0.25) is 9.59 Å². The molecule has 1 spiro atoms. The second kappa shape index (κ2) is 5.03. The molecule has 4 aliphatic carbocycles. The lowest BCUT2D eigenvalue weighted by Gasteiger charge is -2.55. The molecule has 1 aliphatic heterocycles. The number of carboxylic acids is 1. The first-order valence-electron chi connectivity index (χ1n) is 10.1. The van der Waals surface area contributed by atoms with Gasteiger partial charge in [0.05, 0.1) is 6.10 Å². The normalized spacial score (nSPS) is 53.4. The molecule has 5 rings (SSSR count). The number of epoxide rings is 1. The van der Waals surface area contributed by atoms with Gasteiger partial charge in [-0.15, -0.1) is 0 Å². The standard InChI is InChI=1S/C22H26O6/c1-11-8-15-14-5-4-12-9-13(23)6-7-19(12,2)22(14)16(28-22)10-20(15,3)21(11,27)17(24)18(25)26/h6-7,9,11,14-16,27H,4-5,8,10H2,1-3H3,(H,25,26)/t11-,14+,15+,16+,19+,20+,21+,22-/m1/s1. The van der Waals surface area contributed by atoms with Crippen LogP contribution in [0, 0.1) is 28.6 Å². The third-order valence-corrected chi connectivity index (χ3v) is 9.06. The zero-order valence-electron chi connectivity index (χ0n) is 16.4. The van der Waals surface area contributed by atoms with Crippen LogP contribution in [0.3, 0.4) is 0 Å². The van der Waals surface area contributed by atoms with Crippen molar-refractivity contribution in [2.75, 3.05) is 0 Å². The van der Waals surface area contributed by atoms with Crippen LogP contribution in [0.4, 0.5) is 0 Å². The number of ether oxygens (including phenoxy) is 1. The molecule has 0 aromatic carbocycles. The summed E-state index contributed by atoms with van der Waals surface area (Å²) in [6.07, 6.45) is 7.85. The van der Waals surface area contributed by atoms with E-state index >= 15 is 0 Å². The summed E-state index contributed by atoms with van der Waals surface area (Å²) in [6.45, 7) is 5.80. The SMILES string of the molecule is C[C@@H]1C[C@H]2[C@@H]3CCC4=CC(=O)C=C[C@]4(C)[C@@]34O[C@H]4C[C@]2(C)[C@@]1(O)C(=O)C(=O)O. The molecule has 0 unspecified atom stereocenters. The Morgan fingerprint density at radius 1 is 1.25 bits per heavy atom. The van der Waals surface area contributed by atoms with E-state index in [1.807, 2.05) is 13.0 Å². The largest absolute Gasteiger partial charge is 0.475 e. The van der Waals surface area contributed by atoms with Crippen molar-refractivity contribution >= 4 is 17.5 Å². The number of carboxylic acid groups (broad SMARTS) is 1. The van der Waals surface area contributed by atoms with E-state index in [9.17, 15) is 24.6 Å². The van der Waals surface area contributed by atoms with Crippen LogP contribution < -0.4 is 0 Å². The van der Waals surface area contributed by atoms with Crippen molar-refractivity contribution in [1.29, 1.82) is 0 Å². The Hall–Kier alpha value is -1.79. The molecule has 0 bridgehead atoms. The highest BCUT2D eigenvalue weighted by molar-refractivity contribution is 6.36. The van der Waals surface area contributed by atoms with Crippen LogP contribution in [-0.2, 0) is 19.1 Å². The van der Waals surface area contributed by atoms with Gasteiger partial charge in [0, 0.05) is 10.8 Å². The van der Waals surface area contributed by atoms with E-state index in [1.54, 1.807) is 19.1 Å². The Labute approximate surface area is 163 Å². The summed E-state index contributed by atoms with van der Waals surface area (Å²) in [4.78, 5) is 36.0. The van der Waals surface area contributed by atoms with Crippen molar-refractivity contribution in [3.63, 3.8) is 0 Å². The van der Waals surface area contributed by atoms with Crippen molar-refractivity contribution in [3.8, 4) is 0 Å². The van der Waals surface area contributed by atoms with Crippen LogP contribution in [0.25, 0.3) is 0 Å². The summed E-state index contributed by atoms with van der Waals surface area (Å²) in [5.74, 6) is -2.96. The number of fused-ring (bicyclic) bond motifs is 3. The number of carbonyl (C=O) groups excluding carboxylic acids is 2. The number of Topliss-reactive ketones (excluding diaryl/α,β-unsaturated/α-hetero) is 1. The fourth-order valence-electron chi connectivity index (χ4n) is 7.63. The van der Waals surface area contributed by atoms with E-state index in [1.165, 1.54) is 0 Å². The van der Waals surface area contributed by atoms with Gasteiger partial charge in [-0.1, -0.05) is 25.5 Å². The zero-order valence-corrected chi connectivity index (χ0v) is 16.4. The average Bonchev–Trinajstić information content (AvgIpc) is 3.31. The fourth-order valence-corrected chi connectivity index (χ4v) is 7.63. The summed E-state index contributed by atoms with van der Waals surface area (Å²) in [6, 6.07) is 0. The van der Waals surface area contributed by atoms with Crippen LogP contribution in [0.1, 0.15) is 46.5 Å². The Morgan fingerprint density at radius 2 is 1.96 bits per heavy atom. The van der Waals surface area contributed by atoms with Crippen LogP contribution in [0.2, 0.25) is 0 Å². The van der Waals surface area contributed by atoms with Gasteiger partial charge in [0.2, 0.25) is 0 Å². The average molecular weight is 386 g/mol. The number of hydrogen-bond donors (Lipinski definition) is 2. The smallest absolute Gasteiger partial charge is 0.375 e. The lowest BCUT2D eigenvalue weighted by molar-refractivity contribution is -0.174. The number of hydrogen-bond acceptors (Lipinski definition) is 5. The Bertz CT molecular complexity index is 887. The third-order valence-electron chi connectivity index (χ3n) is 9.06. The van der Waals surface area contributed by atoms with E-state index in [2.05, 4.69) is 6.92 Å². The second-order valence-electron chi connectivity index (χ2n) is 9.92. The van der Waals surface area contributed by atoms with Gasteiger partial charge in [0.15, 0.2) is 5.78 Å². The number of rotatable bonds is 2. The van der Waals surface area contributed by atoms with Crippen LogP contribution in [-0.4, -0.2) is 45.1 Å². The predicted octanol–water partition coefficient (Wildman–Crippen LogP) is 2.06. The second-order valence-corrected chi connectivity index (χ2v) is 9.92. The van der Waals surface area contributed by atoms with Crippen molar-refractivity contribution in [2.45, 2.75) is 63.8 Å². The first kappa shape index (κ1) is 18.3. The highest BCUT2D eigenvalue weighted by Gasteiger charge is 2.82. The molecule has 6 nitrogen and oxygen atoms in total. The molecule has 8 atom stereocenters. The minimum absolute atomic E-state index is 0.000969. The van der Waals surface area contributed by atoms with Gasteiger partial charge in [-0.2, -0.15) is 0 Å². The third kappa shape index (κ3) is 1.71. The summed E-state index contributed by atoms with van der Waals surface area (Å²) in [7, 11) is 0. The van der Waals surface area contributed by atoms with E-state index in [0.717, 1.165) is 18.4 Å². The Kier molecular flexibility index (Phi) is 3.28. The molecule has 0 radical (unpaired) electrons. The molecule has 1 heterocycles. The van der Waals surface area contributed by atoms with E-state index in [0.29, 0.717) is 12.8 Å². The summed E-state index contributed by atoms with van der Waals surface area (Å²) < 4.78 is 6.37. The summed E-state index contributed by atoms with van der Waals surface area (Å²) in [5, 5.41) is 20.8. The zero-order chi connectivity index (χ0) is 20.3. The fraction of sp³-hybridized carbons (Fsp3) is 0.682. The minimum atomic E-state index is -1.88. The molecular formula is C22H26O6. The molecule has 4 fully saturated rings. The Morgan fingerprint density at radius 3 is 2.64 bits per heavy atom. The topological polar surface area (TPSA) is 104 Å². The van der Waals surface area contributed by atoms with Crippen molar-refractivity contribution < 1.29 is 29.3 Å². The predicted molar refractivity (Wildman–Crippen MR) is 98.3 cm³/mol. The van der Waals surface area contributed by atoms with Gasteiger partial charge >= 0.3 is 5.97 Å². The molecule has 2 N–H and O–H groups in total. The number of ketones is 2. The molecule has 0 aromatic heterocycles. The molecule has 28 heavy (non-hydrogen) atoms. The molecule has 150 valence electrons. The van der Waals surface area contributed by atoms with Crippen LogP contribution in [0.15, 0.2) is 23.8 Å². The number of aliphatic carboxylic acids is 1. The molecule has 0 aromatic rings. The number of allylic oxidation sites excluding steroid dienone is 2. The van der Waals surface area contributed by atoms with E-state index < -0.39 is 34.3 Å². The molecule has 6 heteroatoms. The quantitative estimate of drug-likeness (QED) is 0.556. The van der Waals surface area contributed by atoms with Gasteiger partial charge < -0.3 is 14.9 Å². The lowest BCUT2D eigenvalue weighted by atomic mass is 9.46.